The predicted octanol–water partition coefficient (Wildman–Crippen LogP) is 4.98. The van der Waals surface area contributed by atoms with E-state index in [0.29, 0.717) is 30.8 Å². The molecule has 0 spiro atoms. The van der Waals surface area contributed by atoms with Gasteiger partial charge in [-0.05, 0) is 61.0 Å². The van der Waals surface area contributed by atoms with Gasteiger partial charge in [0, 0.05) is 29.8 Å². The number of nitrogens with zero attached hydrogens (tertiary/aromatic N) is 1. The highest BCUT2D eigenvalue weighted by Crippen LogP contribution is 2.31. The normalized spacial score (nSPS) is 12.9. The number of carboxylic acid groups (broad SMARTS) is 1. The van der Waals surface area contributed by atoms with Crippen molar-refractivity contribution in [2.45, 2.75) is 19.9 Å². The molecule has 0 bridgehead atoms. The Balaban J connectivity index is 1.48. The quantitative estimate of drug-likeness (QED) is 0.524. The molecule has 0 aliphatic carbocycles. The van der Waals surface area contributed by atoms with Gasteiger partial charge in [-0.1, -0.05) is 48.0 Å². The van der Waals surface area contributed by atoms with Crippen molar-refractivity contribution >= 4 is 23.6 Å². The highest BCUT2D eigenvalue weighted by molar-refractivity contribution is 6.07. The summed E-state index contributed by atoms with van der Waals surface area (Å²) in [5.41, 5.74) is 6.61. The van der Waals surface area contributed by atoms with Crippen LogP contribution in [0.1, 0.15) is 23.1 Å². The smallest absolute Gasteiger partial charge is 0.317 e. The fourth-order valence-electron chi connectivity index (χ4n) is 3.93. The van der Waals surface area contributed by atoms with Gasteiger partial charge in [-0.2, -0.15) is 0 Å². The maximum Gasteiger partial charge on any atom is 0.317 e. The van der Waals surface area contributed by atoms with Gasteiger partial charge in [0.25, 0.3) is 5.91 Å². The number of carboxylic acids is 1. The van der Waals surface area contributed by atoms with Crippen molar-refractivity contribution in [2.24, 2.45) is 0 Å². The highest BCUT2D eigenvalue weighted by atomic mass is 16.5. The molecule has 1 aliphatic rings. The lowest BCUT2D eigenvalue weighted by atomic mass is 10.00. The molecule has 0 saturated heterocycles. The van der Waals surface area contributed by atoms with Crippen LogP contribution in [0.15, 0.2) is 72.3 Å². The lowest BCUT2D eigenvalue weighted by Gasteiger charge is -2.14. The number of hydrogen-bond acceptors (Lipinski definition) is 4. The number of fused-ring (bicyclic) bond motifs is 1. The zero-order chi connectivity index (χ0) is 24.1. The summed E-state index contributed by atoms with van der Waals surface area (Å²) in [7, 11) is 1.76. The lowest BCUT2D eigenvalue weighted by molar-refractivity contribution is -0.138. The van der Waals surface area contributed by atoms with Crippen molar-refractivity contribution in [3.63, 3.8) is 0 Å². The Morgan fingerprint density at radius 2 is 1.71 bits per heavy atom. The third-order valence-corrected chi connectivity index (χ3v) is 5.71. The van der Waals surface area contributed by atoms with Crippen LogP contribution in [0, 0.1) is 6.92 Å². The van der Waals surface area contributed by atoms with Crippen LogP contribution in [0.5, 0.6) is 5.75 Å². The summed E-state index contributed by atoms with van der Waals surface area (Å²) in [5, 5.41) is 11.9. The van der Waals surface area contributed by atoms with E-state index in [0.717, 1.165) is 28.0 Å². The number of likely N-dealkylation sites (N-methyl/N-ethyl adjacent to an activating group) is 1. The molecular formula is C28H28N2O4. The van der Waals surface area contributed by atoms with Gasteiger partial charge in [0.15, 0.2) is 0 Å². The second kappa shape index (κ2) is 10.4. The van der Waals surface area contributed by atoms with Crippen LogP contribution in [-0.2, 0) is 16.1 Å². The summed E-state index contributed by atoms with van der Waals surface area (Å²) in [4.78, 5) is 25.5. The summed E-state index contributed by atoms with van der Waals surface area (Å²) >= 11 is 0. The minimum Gasteiger partial charge on any atom is -0.493 e. The number of ether oxygens (including phenoxy) is 1. The molecule has 174 valence electrons. The van der Waals surface area contributed by atoms with Crippen LogP contribution in [0.4, 0.5) is 5.69 Å². The zero-order valence-corrected chi connectivity index (χ0v) is 19.4. The molecule has 2 N–H and O–H groups in total. The molecule has 1 amide bonds. The number of rotatable bonds is 7. The van der Waals surface area contributed by atoms with Crippen LogP contribution in [0.2, 0.25) is 0 Å². The van der Waals surface area contributed by atoms with E-state index in [9.17, 15) is 9.59 Å². The molecule has 0 saturated carbocycles. The first-order valence-electron chi connectivity index (χ1n) is 11.2. The molecule has 0 fully saturated rings. The van der Waals surface area contributed by atoms with Crippen molar-refractivity contribution in [3.8, 4) is 16.9 Å². The largest absolute Gasteiger partial charge is 0.493 e. The maximum atomic E-state index is 13.0. The first kappa shape index (κ1) is 23.3. The summed E-state index contributed by atoms with van der Waals surface area (Å²) < 4.78 is 5.89. The number of amides is 1. The molecule has 0 aromatic heterocycles. The van der Waals surface area contributed by atoms with Crippen LogP contribution in [0.25, 0.3) is 17.2 Å². The Kier molecular flexibility index (Phi) is 7.09. The van der Waals surface area contributed by atoms with Crippen molar-refractivity contribution < 1.29 is 19.4 Å². The molecule has 1 heterocycles. The number of anilines is 1. The van der Waals surface area contributed by atoms with Gasteiger partial charge >= 0.3 is 5.97 Å². The van der Waals surface area contributed by atoms with Crippen molar-refractivity contribution in [1.82, 2.24) is 4.90 Å². The number of nitrogens with one attached hydrogen (secondary N) is 1. The van der Waals surface area contributed by atoms with Gasteiger partial charge < -0.3 is 15.2 Å². The third kappa shape index (κ3) is 5.91. The topological polar surface area (TPSA) is 78.9 Å². The van der Waals surface area contributed by atoms with E-state index in [1.54, 1.807) is 11.9 Å². The second-order valence-electron chi connectivity index (χ2n) is 8.60. The summed E-state index contributed by atoms with van der Waals surface area (Å²) in [6.07, 6.45) is 2.42. The monoisotopic (exact) mass is 456 g/mol. The van der Waals surface area contributed by atoms with E-state index in [4.69, 9.17) is 9.84 Å². The van der Waals surface area contributed by atoms with Gasteiger partial charge in [0.05, 0.1) is 13.2 Å². The molecule has 3 aromatic rings. The van der Waals surface area contributed by atoms with E-state index in [2.05, 4.69) is 42.6 Å². The number of carbonyl (C=O) groups is 2. The van der Waals surface area contributed by atoms with Crippen molar-refractivity contribution in [3.05, 3.63) is 89.0 Å². The number of benzene rings is 3. The molecule has 0 atom stereocenters. The molecule has 0 radical (unpaired) electrons. The molecule has 4 rings (SSSR count). The Labute approximate surface area is 199 Å². The average molecular weight is 457 g/mol. The van der Waals surface area contributed by atoms with E-state index >= 15 is 0 Å². The fraction of sp³-hybridized carbons (Fsp3) is 0.214. The van der Waals surface area contributed by atoms with Gasteiger partial charge in [-0.25, -0.2) is 0 Å². The summed E-state index contributed by atoms with van der Waals surface area (Å²) in [6.45, 7) is 2.99. The molecule has 0 unspecified atom stereocenters. The summed E-state index contributed by atoms with van der Waals surface area (Å²) in [6, 6.07) is 21.9. The first-order valence-corrected chi connectivity index (χ1v) is 11.2. The van der Waals surface area contributed by atoms with Crippen LogP contribution in [0.3, 0.4) is 0 Å². The predicted molar refractivity (Wildman–Crippen MR) is 134 cm³/mol. The second-order valence-corrected chi connectivity index (χ2v) is 8.60. The van der Waals surface area contributed by atoms with Crippen LogP contribution >= 0.6 is 0 Å². The number of hydrogen-bond donors (Lipinski definition) is 2. The van der Waals surface area contributed by atoms with Gasteiger partial charge in [-0.15, -0.1) is 0 Å². The number of aliphatic carboxylic acids is 1. The van der Waals surface area contributed by atoms with Gasteiger partial charge in [0.1, 0.15) is 5.75 Å². The Hall–Kier alpha value is -3.90. The SMILES string of the molecule is Cc1ccc(-c2ccc3c(c2)C=C(C(=O)Nc2ccc(CN(C)CC(=O)O)cc2)CCO3)cc1. The molecule has 6 nitrogen and oxygen atoms in total. The number of carbonyl (C=O) groups excluding carboxylic acids is 1. The van der Waals surface area contributed by atoms with E-state index in [-0.39, 0.29) is 12.5 Å². The standard InChI is InChI=1S/C28H28N2O4/c1-19-3-7-21(8-4-19)22-9-12-26-24(15-22)16-23(13-14-34-26)28(33)29-25-10-5-20(6-11-25)17-30(2)18-27(31)32/h3-12,15-16H,13-14,17-18H2,1-2H3,(H,29,33)(H,31,32). The van der Waals surface area contributed by atoms with Gasteiger partial charge in [0.2, 0.25) is 0 Å². The molecule has 1 aliphatic heterocycles. The molecule has 6 heteroatoms. The fourth-order valence-corrected chi connectivity index (χ4v) is 3.93. The van der Waals surface area contributed by atoms with Gasteiger partial charge in [-0.3, -0.25) is 14.5 Å². The third-order valence-electron chi connectivity index (χ3n) is 5.71. The molecular weight excluding hydrogens is 428 g/mol. The highest BCUT2D eigenvalue weighted by Gasteiger charge is 2.16. The zero-order valence-electron chi connectivity index (χ0n) is 19.4. The Morgan fingerprint density at radius 1 is 1.00 bits per heavy atom. The Morgan fingerprint density at radius 3 is 2.41 bits per heavy atom. The maximum absolute atomic E-state index is 13.0. The molecule has 34 heavy (non-hydrogen) atoms. The van der Waals surface area contributed by atoms with E-state index in [1.807, 2.05) is 42.5 Å². The summed E-state index contributed by atoms with van der Waals surface area (Å²) in [5.74, 6) is -0.249. The van der Waals surface area contributed by atoms with E-state index in [1.165, 1.54) is 5.56 Å². The minimum absolute atomic E-state index is 0.0260. The molecule has 3 aromatic carbocycles. The van der Waals surface area contributed by atoms with Crippen LogP contribution in [-0.4, -0.2) is 42.1 Å². The van der Waals surface area contributed by atoms with E-state index < -0.39 is 5.97 Å². The first-order chi connectivity index (χ1) is 16.4. The lowest BCUT2D eigenvalue weighted by Crippen LogP contribution is -2.25. The Bertz CT molecular complexity index is 1210. The number of aryl methyl sites for hydroxylation is 1. The van der Waals surface area contributed by atoms with Crippen LogP contribution < -0.4 is 10.1 Å². The average Bonchev–Trinajstić information content (AvgIpc) is 3.02. The van der Waals surface area contributed by atoms with Crippen molar-refractivity contribution in [2.75, 3.05) is 25.5 Å². The minimum atomic E-state index is -0.861. The van der Waals surface area contributed by atoms with Crippen molar-refractivity contribution in [1.29, 1.82) is 0 Å².